The first-order chi connectivity index (χ1) is 9.94. The number of hydrogen-bond donors (Lipinski definition) is 2. The monoisotopic (exact) mass is 310 g/mol. The highest BCUT2D eigenvalue weighted by atomic mass is 32.2. The summed E-state index contributed by atoms with van der Waals surface area (Å²) in [6, 6.07) is 8.77. The van der Waals surface area contributed by atoms with Crippen LogP contribution in [0.2, 0.25) is 0 Å². The van der Waals surface area contributed by atoms with Crippen molar-refractivity contribution in [2.45, 2.75) is 31.2 Å². The van der Waals surface area contributed by atoms with Crippen molar-refractivity contribution < 1.29 is 18.0 Å². The van der Waals surface area contributed by atoms with Crippen molar-refractivity contribution in [1.82, 2.24) is 9.88 Å². The molecule has 1 aromatic heterocycles. The van der Waals surface area contributed by atoms with Crippen LogP contribution in [0.3, 0.4) is 0 Å². The van der Waals surface area contributed by atoms with E-state index < -0.39 is 16.1 Å². The molecule has 0 spiro atoms. The van der Waals surface area contributed by atoms with E-state index >= 15 is 0 Å². The molecule has 0 radical (unpaired) electrons. The fourth-order valence-electron chi connectivity index (χ4n) is 2.18. The minimum absolute atomic E-state index is 0.0361. The number of aryl methyl sites for hydroxylation is 2. The minimum Gasteiger partial charge on any atom is -0.395 e. The molecule has 1 atom stereocenters. The Kier molecular flexibility index (Phi) is 4.76. The summed E-state index contributed by atoms with van der Waals surface area (Å²) in [5.74, 6) is 0.233. The van der Waals surface area contributed by atoms with Crippen LogP contribution in [0.1, 0.15) is 17.0 Å². The van der Waals surface area contributed by atoms with Gasteiger partial charge in [0, 0.05) is 6.04 Å². The molecule has 1 heterocycles. The van der Waals surface area contributed by atoms with Crippen molar-refractivity contribution in [3.8, 4) is 0 Å². The highest BCUT2D eigenvalue weighted by molar-refractivity contribution is 7.89. The molecule has 7 heteroatoms. The van der Waals surface area contributed by atoms with Gasteiger partial charge in [0.25, 0.3) is 0 Å². The first kappa shape index (κ1) is 15.7. The average Bonchev–Trinajstić information content (AvgIpc) is 2.79. The van der Waals surface area contributed by atoms with Gasteiger partial charge in [-0.15, -0.1) is 0 Å². The van der Waals surface area contributed by atoms with Crippen LogP contribution in [0.4, 0.5) is 0 Å². The second kappa shape index (κ2) is 6.38. The number of aliphatic hydroxyl groups excluding tert-OH is 1. The molecular formula is C14H18N2O4S. The Labute approximate surface area is 123 Å². The minimum atomic E-state index is -3.78. The van der Waals surface area contributed by atoms with E-state index in [1.54, 1.807) is 13.8 Å². The lowest BCUT2D eigenvalue weighted by Crippen LogP contribution is -2.39. The summed E-state index contributed by atoms with van der Waals surface area (Å²) in [5, 5.41) is 13.1. The van der Waals surface area contributed by atoms with Gasteiger partial charge in [0.05, 0.1) is 6.61 Å². The van der Waals surface area contributed by atoms with E-state index in [2.05, 4.69) is 9.88 Å². The lowest BCUT2D eigenvalue weighted by Gasteiger charge is -2.16. The van der Waals surface area contributed by atoms with Crippen LogP contribution in [0.5, 0.6) is 0 Å². The predicted molar refractivity (Wildman–Crippen MR) is 77.3 cm³/mol. The molecule has 0 saturated carbocycles. The van der Waals surface area contributed by atoms with Crippen molar-refractivity contribution >= 4 is 10.0 Å². The van der Waals surface area contributed by atoms with E-state index in [-0.39, 0.29) is 17.3 Å². The van der Waals surface area contributed by atoms with Crippen molar-refractivity contribution in [2.24, 2.45) is 0 Å². The van der Waals surface area contributed by atoms with Crippen LogP contribution in [-0.2, 0) is 16.4 Å². The van der Waals surface area contributed by atoms with Crippen molar-refractivity contribution in [3.63, 3.8) is 0 Å². The zero-order valence-electron chi connectivity index (χ0n) is 11.9. The Morgan fingerprint density at radius 2 is 1.95 bits per heavy atom. The van der Waals surface area contributed by atoms with Crippen LogP contribution >= 0.6 is 0 Å². The van der Waals surface area contributed by atoms with Crippen LogP contribution in [-0.4, -0.2) is 31.3 Å². The fraction of sp³-hybridized carbons (Fsp3) is 0.357. The highest BCUT2D eigenvalue weighted by Crippen LogP contribution is 2.19. The summed E-state index contributed by atoms with van der Waals surface area (Å²) in [7, 11) is -3.78. The molecule has 0 aliphatic heterocycles. The van der Waals surface area contributed by atoms with E-state index in [4.69, 9.17) is 4.52 Å². The van der Waals surface area contributed by atoms with Gasteiger partial charge in [-0.3, -0.25) is 0 Å². The number of benzene rings is 1. The third-order valence-electron chi connectivity index (χ3n) is 3.10. The number of sulfonamides is 1. The van der Waals surface area contributed by atoms with E-state index in [0.717, 1.165) is 5.56 Å². The molecule has 6 nitrogen and oxygen atoms in total. The molecule has 0 saturated heterocycles. The second-order valence-electron chi connectivity index (χ2n) is 4.84. The zero-order valence-corrected chi connectivity index (χ0v) is 12.7. The average molecular weight is 310 g/mol. The van der Waals surface area contributed by atoms with E-state index in [1.165, 1.54) is 0 Å². The standard InChI is InChI=1S/C14H18N2O4S/c1-10-14(11(2)20-15-10)21(18,19)16-13(9-17)8-12-6-4-3-5-7-12/h3-7,13,16-17H,8-9H2,1-2H3. The Hall–Kier alpha value is -1.70. The molecule has 0 fully saturated rings. The second-order valence-corrected chi connectivity index (χ2v) is 6.49. The van der Waals surface area contributed by atoms with Crippen molar-refractivity contribution in [2.75, 3.05) is 6.61 Å². The quantitative estimate of drug-likeness (QED) is 0.835. The van der Waals surface area contributed by atoms with Crippen molar-refractivity contribution in [1.29, 1.82) is 0 Å². The van der Waals surface area contributed by atoms with E-state index in [0.29, 0.717) is 12.1 Å². The molecule has 114 valence electrons. The number of hydrogen-bond acceptors (Lipinski definition) is 5. The molecule has 2 rings (SSSR count). The first-order valence-corrected chi connectivity index (χ1v) is 8.02. The van der Waals surface area contributed by atoms with Crippen LogP contribution in [0.25, 0.3) is 0 Å². The zero-order chi connectivity index (χ0) is 15.5. The Morgan fingerprint density at radius 3 is 2.48 bits per heavy atom. The van der Waals surface area contributed by atoms with Crippen LogP contribution < -0.4 is 4.72 Å². The molecular weight excluding hydrogens is 292 g/mol. The van der Waals surface area contributed by atoms with Gasteiger partial charge in [0.2, 0.25) is 10.0 Å². The summed E-state index contributed by atoms with van der Waals surface area (Å²) in [5.41, 5.74) is 1.24. The normalized spacial score (nSPS) is 13.3. The molecule has 0 aliphatic rings. The molecule has 21 heavy (non-hydrogen) atoms. The van der Waals surface area contributed by atoms with E-state index in [1.807, 2.05) is 30.3 Å². The largest absolute Gasteiger partial charge is 0.395 e. The smallest absolute Gasteiger partial charge is 0.246 e. The lowest BCUT2D eigenvalue weighted by atomic mass is 10.1. The van der Waals surface area contributed by atoms with Gasteiger partial charge >= 0.3 is 0 Å². The van der Waals surface area contributed by atoms with Gasteiger partial charge in [0.1, 0.15) is 10.6 Å². The Morgan fingerprint density at radius 1 is 1.29 bits per heavy atom. The number of aromatic nitrogens is 1. The van der Waals surface area contributed by atoms with Crippen molar-refractivity contribution in [3.05, 3.63) is 47.3 Å². The topological polar surface area (TPSA) is 92.4 Å². The number of nitrogens with zero attached hydrogens (tertiary/aromatic N) is 1. The molecule has 0 aliphatic carbocycles. The maximum absolute atomic E-state index is 12.4. The summed E-state index contributed by atoms with van der Waals surface area (Å²) >= 11 is 0. The SMILES string of the molecule is Cc1noc(C)c1S(=O)(=O)NC(CO)Cc1ccccc1. The number of nitrogens with one attached hydrogen (secondary N) is 1. The number of rotatable bonds is 6. The maximum Gasteiger partial charge on any atom is 0.246 e. The van der Waals surface area contributed by atoms with Gasteiger partial charge in [-0.25, -0.2) is 13.1 Å². The number of aliphatic hydroxyl groups is 1. The third-order valence-corrected chi connectivity index (χ3v) is 4.87. The van der Waals surface area contributed by atoms with Gasteiger partial charge < -0.3 is 9.63 Å². The predicted octanol–water partition coefficient (Wildman–Crippen LogP) is 1.17. The first-order valence-electron chi connectivity index (χ1n) is 6.54. The third kappa shape index (κ3) is 3.69. The maximum atomic E-state index is 12.4. The summed E-state index contributed by atoms with van der Waals surface area (Å²) in [4.78, 5) is 0.0361. The van der Waals surface area contributed by atoms with Gasteiger partial charge in [0.15, 0.2) is 5.76 Å². The lowest BCUT2D eigenvalue weighted by molar-refractivity contribution is 0.256. The van der Waals surface area contributed by atoms with E-state index in [9.17, 15) is 13.5 Å². The molecule has 0 bridgehead atoms. The Balaban J connectivity index is 2.18. The molecule has 2 N–H and O–H groups in total. The fourth-order valence-corrected chi connectivity index (χ4v) is 3.74. The van der Waals surface area contributed by atoms with Crippen LogP contribution in [0, 0.1) is 13.8 Å². The Bertz CT molecular complexity index is 676. The van der Waals surface area contributed by atoms with Gasteiger partial charge in [-0.05, 0) is 25.8 Å². The molecule has 2 aromatic rings. The summed E-state index contributed by atoms with van der Waals surface area (Å²) in [6.07, 6.45) is 0.403. The molecule has 1 aromatic carbocycles. The summed E-state index contributed by atoms with van der Waals surface area (Å²) in [6.45, 7) is 2.81. The van der Waals surface area contributed by atoms with Gasteiger partial charge in [-0.2, -0.15) is 0 Å². The van der Waals surface area contributed by atoms with Gasteiger partial charge in [-0.1, -0.05) is 35.5 Å². The highest BCUT2D eigenvalue weighted by Gasteiger charge is 2.26. The molecule has 0 amide bonds. The molecule has 1 unspecified atom stereocenters. The van der Waals surface area contributed by atoms with Crippen LogP contribution in [0.15, 0.2) is 39.8 Å². The summed E-state index contributed by atoms with van der Waals surface area (Å²) < 4.78 is 32.1.